The molecule has 3 heteroatoms. The summed E-state index contributed by atoms with van der Waals surface area (Å²) < 4.78 is 5.19. The van der Waals surface area contributed by atoms with Crippen LogP contribution >= 0.6 is 0 Å². The summed E-state index contributed by atoms with van der Waals surface area (Å²) in [5.74, 6) is 0. The van der Waals surface area contributed by atoms with Crippen LogP contribution in [-0.2, 0) is 4.74 Å². The minimum Gasteiger partial charge on any atom is -0.378 e. The summed E-state index contributed by atoms with van der Waals surface area (Å²) in [6.07, 6.45) is 0. The van der Waals surface area contributed by atoms with Crippen molar-refractivity contribution < 1.29 is 4.74 Å². The van der Waals surface area contributed by atoms with Crippen molar-refractivity contribution in [2.45, 2.75) is 20.8 Å². The van der Waals surface area contributed by atoms with Gasteiger partial charge in [-0.25, -0.2) is 0 Å². The number of ether oxygens (including phenoxy) is 1. The van der Waals surface area contributed by atoms with Gasteiger partial charge < -0.3 is 9.64 Å². The van der Waals surface area contributed by atoms with Crippen molar-refractivity contribution in [3.8, 4) is 6.07 Å². The average molecular weight is 244 g/mol. The molecule has 0 radical (unpaired) electrons. The van der Waals surface area contributed by atoms with Crippen LogP contribution in [0, 0.1) is 37.5 Å². The first-order valence-electron chi connectivity index (χ1n) is 6.25. The number of anilines is 1. The van der Waals surface area contributed by atoms with Crippen LogP contribution in [-0.4, -0.2) is 26.8 Å². The summed E-state index contributed by atoms with van der Waals surface area (Å²) in [7, 11) is 2.05. The molecule has 0 bridgehead atoms. The zero-order valence-electron chi connectivity index (χ0n) is 11.6. The summed E-state index contributed by atoms with van der Waals surface area (Å²) in [4.78, 5) is 2.17. The highest BCUT2D eigenvalue weighted by Crippen LogP contribution is 2.31. The van der Waals surface area contributed by atoms with E-state index in [9.17, 15) is 5.26 Å². The van der Waals surface area contributed by atoms with Crippen molar-refractivity contribution in [1.82, 2.24) is 0 Å². The summed E-state index contributed by atoms with van der Waals surface area (Å²) in [5.41, 5.74) is 4.75. The average Bonchev–Trinajstić information content (AvgIpc) is 2.28. The SMILES string of the molecule is Cc1cc(C)c(N(C)CC2(C#N)COC2)cc1C. The Balaban J connectivity index is 2.21. The first kappa shape index (κ1) is 12.9. The molecule has 2 rings (SSSR count). The highest BCUT2D eigenvalue weighted by Gasteiger charge is 2.40. The van der Waals surface area contributed by atoms with E-state index in [1.807, 2.05) is 0 Å². The number of rotatable bonds is 3. The number of hydrogen-bond acceptors (Lipinski definition) is 3. The van der Waals surface area contributed by atoms with Gasteiger partial charge in [0.1, 0.15) is 5.41 Å². The van der Waals surface area contributed by atoms with E-state index in [1.165, 1.54) is 22.4 Å². The maximum Gasteiger partial charge on any atom is 0.121 e. The molecular formula is C15H20N2O. The molecule has 1 aromatic carbocycles. The molecule has 0 saturated carbocycles. The minimum absolute atomic E-state index is 0.319. The molecule has 1 aromatic rings. The van der Waals surface area contributed by atoms with E-state index in [-0.39, 0.29) is 5.41 Å². The molecular weight excluding hydrogens is 224 g/mol. The number of nitriles is 1. The van der Waals surface area contributed by atoms with Crippen molar-refractivity contribution in [3.63, 3.8) is 0 Å². The Morgan fingerprint density at radius 1 is 1.22 bits per heavy atom. The van der Waals surface area contributed by atoms with Crippen molar-refractivity contribution in [2.75, 3.05) is 31.7 Å². The zero-order chi connectivity index (χ0) is 13.3. The van der Waals surface area contributed by atoms with Crippen molar-refractivity contribution >= 4 is 5.69 Å². The third-order valence-electron chi connectivity index (χ3n) is 3.76. The molecule has 1 aliphatic rings. The Kier molecular flexibility index (Phi) is 3.32. The molecule has 18 heavy (non-hydrogen) atoms. The summed E-state index contributed by atoms with van der Waals surface area (Å²) in [5, 5.41) is 9.24. The number of benzene rings is 1. The lowest BCUT2D eigenvalue weighted by atomic mass is 9.87. The lowest BCUT2D eigenvalue weighted by Gasteiger charge is -2.39. The predicted octanol–water partition coefficient (Wildman–Crippen LogP) is 2.59. The predicted molar refractivity (Wildman–Crippen MR) is 72.8 cm³/mol. The van der Waals surface area contributed by atoms with E-state index in [0.29, 0.717) is 13.2 Å². The van der Waals surface area contributed by atoms with Gasteiger partial charge in [-0.2, -0.15) is 5.26 Å². The number of aryl methyl sites for hydroxylation is 3. The molecule has 0 amide bonds. The number of hydrogen-bond donors (Lipinski definition) is 0. The van der Waals surface area contributed by atoms with Gasteiger partial charge in [-0.1, -0.05) is 6.07 Å². The van der Waals surface area contributed by atoms with E-state index in [2.05, 4.69) is 50.9 Å². The maximum atomic E-state index is 9.24. The standard InChI is InChI=1S/C15H20N2O/c1-11-5-13(3)14(6-12(11)2)17(4)8-15(7-16)9-18-10-15/h5-6H,8-10H2,1-4H3. The molecule has 0 unspecified atom stereocenters. The van der Waals surface area contributed by atoms with Crippen LogP contribution in [0.4, 0.5) is 5.69 Å². The van der Waals surface area contributed by atoms with E-state index in [0.717, 1.165) is 6.54 Å². The fourth-order valence-electron chi connectivity index (χ4n) is 2.44. The highest BCUT2D eigenvalue weighted by atomic mass is 16.5. The molecule has 96 valence electrons. The monoisotopic (exact) mass is 244 g/mol. The van der Waals surface area contributed by atoms with Crippen molar-refractivity contribution in [2.24, 2.45) is 5.41 Å². The normalized spacial score (nSPS) is 16.8. The van der Waals surface area contributed by atoms with Gasteiger partial charge in [0.25, 0.3) is 0 Å². The molecule has 0 atom stereocenters. The van der Waals surface area contributed by atoms with E-state index >= 15 is 0 Å². The van der Waals surface area contributed by atoms with Gasteiger partial charge in [0.15, 0.2) is 0 Å². The van der Waals surface area contributed by atoms with Crippen LogP contribution in [0.25, 0.3) is 0 Å². The third kappa shape index (κ3) is 2.21. The molecule has 1 aliphatic heterocycles. The van der Waals surface area contributed by atoms with Crippen LogP contribution in [0.1, 0.15) is 16.7 Å². The van der Waals surface area contributed by atoms with Crippen LogP contribution in [0.5, 0.6) is 0 Å². The summed E-state index contributed by atoms with van der Waals surface area (Å²) >= 11 is 0. The Bertz CT molecular complexity index is 498. The lowest BCUT2D eigenvalue weighted by molar-refractivity contribution is -0.0716. The second kappa shape index (κ2) is 4.62. The van der Waals surface area contributed by atoms with Gasteiger partial charge in [0.2, 0.25) is 0 Å². The maximum absolute atomic E-state index is 9.24. The highest BCUT2D eigenvalue weighted by molar-refractivity contribution is 5.56. The van der Waals surface area contributed by atoms with E-state index in [4.69, 9.17) is 4.74 Å². The van der Waals surface area contributed by atoms with Crippen LogP contribution in [0.2, 0.25) is 0 Å². The topological polar surface area (TPSA) is 36.3 Å². The van der Waals surface area contributed by atoms with Crippen LogP contribution < -0.4 is 4.90 Å². The fraction of sp³-hybridized carbons (Fsp3) is 0.533. The Hall–Kier alpha value is -1.53. The fourth-order valence-corrected chi connectivity index (χ4v) is 2.44. The second-order valence-corrected chi connectivity index (χ2v) is 5.46. The number of nitrogens with zero attached hydrogens (tertiary/aromatic N) is 2. The minimum atomic E-state index is -0.319. The van der Waals surface area contributed by atoms with Crippen LogP contribution in [0.15, 0.2) is 12.1 Å². The molecule has 1 saturated heterocycles. The zero-order valence-corrected chi connectivity index (χ0v) is 11.6. The largest absolute Gasteiger partial charge is 0.378 e. The van der Waals surface area contributed by atoms with E-state index < -0.39 is 0 Å². The first-order chi connectivity index (χ1) is 8.47. The summed E-state index contributed by atoms with van der Waals surface area (Å²) in [6, 6.07) is 6.80. The molecule has 3 nitrogen and oxygen atoms in total. The third-order valence-corrected chi connectivity index (χ3v) is 3.76. The molecule has 1 heterocycles. The second-order valence-electron chi connectivity index (χ2n) is 5.46. The molecule has 0 aromatic heterocycles. The molecule has 1 fully saturated rings. The van der Waals surface area contributed by atoms with Gasteiger partial charge in [-0.3, -0.25) is 0 Å². The van der Waals surface area contributed by atoms with E-state index in [1.54, 1.807) is 0 Å². The van der Waals surface area contributed by atoms with Crippen molar-refractivity contribution in [1.29, 1.82) is 5.26 Å². The quantitative estimate of drug-likeness (QED) is 0.820. The first-order valence-corrected chi connectivity index (χ1v) is 6.25. The lowest BCUT2D eigenvalue weighted by Crippen LogP contribution is -2.49. The molecule has 0 spiro atoms. The Labute approximate surface area is 109 Å². The van der Waals surface area contributed by atoms with Gasteiger partial charge in [-0.05, 0) is 43.5 Å². The van der Waals surface area contributed by atoms with Gasteiger partial charge in [0, 0.05) is 19.3 Å². The summed E-state index contributed by atoms with van der Waals surface area (Å²) in [6.45, 7) is 8.21. The Morgan fingerprint density at radius 2 is 1.83 bits per heavy atom. The van der Waals surface area contributed by atoms with Crippen molar-refractivity contribution in [3.05, 3.63) is 28.8 Å². The van der Waals surface area contributed by atoms with Gasteiger partial charge >= 0.3 is 0 Å². The Morgan fingerprint density at radius 3 is 2.33 bits per heavy atom. The molecule has 0 N–H and O–H groups in total. The smallest absolute Gasteiger partial charge is 0.121 e. The molecule has 0 aliphatic carbocycles. The van der Waals surface area contributed by atoms with Gasteiger partial charge in [0.05, 0.1) is 19.3 Å². The van der Waals surface area contributed by atoms with Gasteiger partial charge in [-0.15, -0.1) is 0 Å². The van der Waals surface area contributed by atoms with Crippen LogP contribution in [0.3, 0.4) is 0 Å².